The Bertz CT molecular complexity index is 656. The molecule has 0 aliphatic heterocycles. The van der Waals surface area contributed by atoms with Crippen LogP contribution in [0.3, 0.4) is 0 Å². The highest BCUT2D eigenvalue weighted by molar-refractivity contribution is 7.80. The van der Waals surface area contributed by atoms with Gasteiger partial charge in [0.2, 0.25) is 0 Å². The van der Waals surface area contributed by atoms with E-state index in [1.54, 1.807) is 0 Å². The number of benzene rings is 2. The second-order valence-corrected chi connectivity index (χ2v) is 6.67. The molecule has 5 heteroatoms. The van der Waals surface area contributed by atoms with E-state index in [9.17, 15) is 0 Å². The van der Waals surface area contributed by atoms with E-state index in [-0.39, 0.29) is 6.04 Å². The van der Waals surface area contributed by atoms with Crippen LogP contribution in [0.1, 0.15) is 17.2 Å². The fourth-order valence-corrected chi connectivity index (χ4v) is 2.86. The maximum absolute atomic E-state index is 6.33. The van der Waals surface area contributed by atoms with E-state index in [1.807, 2.05) is 30.3 Å². The Hall–Kier alpha value is -1.62. The molecular weight excluding hydrogens is 326 g/mol. The zero-order valence-corrected chi connectivity index (χ0v) is 15.3. The molecule has 0 bridgehead atoms. The van der Waals surface area contributed by atoms with Crippen LogP contribution < -0.4 is 15.5 Å². The van der Waals surface area contributed by atoms with E-state index in [4.69, 9.17) is 23.8 Å². The molecule has 0 aromatic heterocycles. The third kappa shape index (κ3) is 5.20. The van der Waals surface area contributed by atoms with Crippen molar-refractivity contribution in [3.05, 3.63) is 64.7 Å². The highest BCUT2D eigenvalue weighted by Crippen LogP contribution is 2.20. The van der Waals surface area contributed by atoms with Gasteiger partial charge in [-0.25, -0.2) is 0 Å². The molecule has 0 heterocycles. The second-order valence-electron chi connectivity index (χ2n) is 5.85. The van der Waals surface area contributed by atoms with Gasteiger partial charge in [0.05, 0.1) is 20.6 Å². The van der Waals surface area contributed by atoms with Crippen molar-refractivity contribution in [3.8, 4) is 0 Å². The minimum atomic E-state index is 0.224. The number of anilines is 1. The van der Waals surface area contributed by atoms with Crippen LogP contribution in [0.2, 0.25) is 5.02 Å². The van der Waals surface area contributed by atoms with Gasteiger partial charge in [-0.2, -0.15) is 0 Å². The summed E-state index contributed by atoms with van der Waals surface area (Å²) >= 11 is 11.7. The summed E-state index contributed by atoms with van der Waals surface area (Å²) in [6, 6.07) is 16.3. The van der Waals surface area contributed by atoms with Gasteiger partial charge in [0.25, 0.3) is 0 Å². The Kier molecular flexibility index (Phi) is 6.39. The average Bonchev–Trinajstić information content (AvgIpc) is 2.51. The summed E-state index contributed by atoms with van der Waals surface area (Å²) in [6.07, 6.45) is 0. The van der Waals surface area contributed by atoms with Crippen molar-refractivity contribution in [1.82, 2.24) is 5.32 Å². The number of aryl methyl sites for hydroxylation is 1. The van der Waals surface area contributed by atoms with Gasteiger partial charge in [-0.15, -0.1) is 0 Å². The average molecular weight is 349 g/mol. The molecule has 3 N–H and O–H groups in total. The highest BCUT2D eigenvalue weighted by atomic mass is 35.5. The summed E-state index contributed by atoms with van der Waals surface area (Å²) < 4.78 is 0. The summed E-state index contributed by atoms with van der Waals surface area (Å²) in [6.45, 7) is 2.78. The molecule has 0 fully saturated rings. The molecular formula is C18H23ClN3S+. The van der Waals surface area contributed by atoms with Crippen LogP contribution in [0.25, 0.3) is 0 Å². The van der Waals surface area contributed by atoms with Crippen molar-refractivity contribution in [2.24, 2.45) is 0 Å². The van der Waals surface area contributed by atoms with Crippen molar-refractivity contribution in [1.29, 1.82) is 0 Å². The number of quaternary nitrogens is 1. The van der Waals surface area contributed by atoms with Gasteiger partial charge in [0.1, 0.15) is 6.04 Å². The maximum atomic E-state index is 6.33. The van der Waals surface area contributed by atoms with Crippen LogP contribution in [0, 0.1) is 6.92 Å². The highest BCUT2D eigenvalue weighted by Gasteiger charge is 2.20. The molecule has 0 spiro atoms. The van der Waals surface area contributed by atoms with Crippen molar-refractivity contribution < 1.29 is 4.90 Å². The van der Waals surface area contributed by atoms with Crippen molar-refractivity contribution >= 4 is 34.6 Å². The van der Waals surface area contributed by atoms with Gasteiger partial charge in [-0.1, -0.05) is 47.5 Å². The Morgan fingerprint density at radius 2 is 1.78 bits per heavy atom. The first-order valence-corrected chi connectivity index (χ1v) is 8.42. The first kappa shape index (κ1) is 17.7. The molecule has 122 valence electrons. The largest absolute Gasteiger partial charge is 0.356 e. The number of halogens is 1. The van der Waals surface area contributed by atoms with Crippen molar-refractivity contribution in [3.63, 3.8) is 0 Å². The van der Waals surface area contributed by atoms with Gasteiger partial charge >= 0.3 is 0 Å². The Labute approximate surface area is 148 Å². The van der Waals surface area contributed by atoms with Crippen LogP contribution in [-0.2, 0) is 0 Å². The third-order valence-electron chi connectivity index (χ3n) is 3.75. The van der Waals surface area contributed by atoms with Crippen molar-refractivity contribution in [2.45, 2.75) is 13.0 Å². The van der Waals surface area contributed by atoms with Gasteiger partial charge in [0.15, 0.2) is 5.11 Å². The summed E-state index contributed by atoms with van der Waals surface area (Å²) in [5.74, 6) is 0. The van der Waals surface area contributed by atoms with Gasteiger partial charge < -0.3 is 15.5 Å². The summed E-state index contributed by atoms with van der Waals surface area (Å²) in [4.78, 5) is 1.30. The molecule has 0 amide bonds. The van der Waals surface area contributed by atoms with Crippen LogP contribution in [0.4, 0.5) is 5.69 Å². The Balaban J connectivity index is 1.97. The summed E-state index contributed by atoms with van der Waals surface area (Å²) in [7, 11) is 4.23. The van der Waals surface area contributed by atoms with E-state index in [0.29, 0.717) is 11.7 Å². The molecule has 0 unspecified atom stereocenters. The molecule has 0 radical (unpaired) electrons. The van der Waals surface area contributed by atoms with Crippen LogP contribution in [0.5, 0.6) is 0 Å². The molecule has 2 aromatic carbocycles. The number of nitrogens with one attached hydrogen (secondary N) is 3. The molecule has 2 aromatic rings. The van der Waals surface area contributed by atoms with Crippen LogP contribution in [0.15, 0.2) is 48.5 Å². The minimum Gasteiger partial charge on any atom is -0.356 e. The monoisotopic (exact) mass is 348 g/mol. The zero-order chi connectivity index (χ0) is 16.8. The molecule has 3 nitrogen and oxygen atoms in total. The van der Waals surface area contributed by atoms with E-state index in [0.717, 1.165) is 16.3 Å². The zero-order valence-electron chi connectivity index (χ0n) is 13.7. The topological polar surface area (TPSA) is 28.5 Å². The lowest BCUT2D eigenvalue weighted by molar-refractivity contribution is -0.890. The fraction of sp³-hybridized carbons (Fsp3) is 0.278. The van der Waals surface area contributed by atoms with E-state index in [1.165, 1.54) is 10.5 Å². The molecule has 1 atom stereocenters. The SMILES string of the molecule is Cc1ccc(NC(=S)NC[C@@H](c2ccccc2Cl)[NH+](C)C)cc1. The van der Waals surface area contributed by atoms with E-state index in [2.05, 4.69) is 49.9 Å². The van der Waals surface area contributed by atoms with Crippen LogP contribution >= 0.6 is 23.8 Å². The lowest BCUT2D eigenvalue weighted by atomic mass is 10.1. The number of rotatable bonds is 5. The first-order chi connectivity index (χ1) is 11.0. The third-order valence-corrected chi connectivity index (χ3v) is 4.34. The van der Waals surface area contributed by atoms with Gasteiger partial charge in [-0.05, 0) is 37.3 Å². The molecule has 0 aliphatic carbocycles. The van der Waals surface area contributed by atoms with Gasteiger partial charge in [-0.3, -0.25) is 0 Å². The first-order valence-electron chi connectivity index (χ1n) is 7.63. The van der Waals surface area contributed by atoms with Gasteiger partial charge in [0, 0.05) is 16.3 Å². The summed E-state index contributed by atoms with van der Waals surface area (Å²) in [5.41, 5.74) is 3.34. The smallest absolute Gasteiger partial charge is 0.171 e. The fourth-order valence-electron chi connectivity index (χ4n) is 2.39. The number of hydrogen-bond acceptors (Lipinski definition) is 1. The molecule has 0 aliphatic rings. The molecule has 0 saturated heterocycles. The molecule has 0 saturated carbocycles. The quantitative estimate of drug-likeness (QED) is 0.726. The maximum Gasteiger partial charge on any atom is 0.171 e. The summed E-state index contributed by atoms with van der Waals surface area (Å²) in [5, 5.41) is 7.91. The predicted octanol–water partition coefficient (Wildman–Crippen LogP) is 2.82. The van der Waals surface area contributed by atoms with E-state index < -0.39 is 0 Å². The number of likely N-dealkylation sites (N-methyl/N-ethyl adjacent to an activating group) is 1. The second kappa shape index (κ2) is 8.29. The normalized spacial score (nSPS) is 12.0. The minimum absolute atomic E-state index is 0.224. The van der Waals surface area contributed by atoms with Crippen LogP contribution in [-0.4, -0.2) is 25.8 Å². The molecule has 23 heavy (non-hydrogen) atoms. The lowest BCUT2D eigenvalue weighted by Gasteiger charge is -2.24. The predicted molar refractivity (Wildman–Crippen MR) is 102 cm³/mol. The Morgan fingerprint density at radius 3 is 2.39 bits per heavy atom. The standard InChI is InChI=1S/C18H22ClN3S/c1-13-8-10-14(11-9-13)21-18(23)20-12-17(22(2)3)15-6-4-5-7-16(15)19/h4-11,17H,12H2,1-3H3,(H2,20,21,23)/p+1/t17-/m0/s1. The van der Waals surface area contributed by atoms with Crippen molar-refractivity contribution in [2.75, 3.05) is 26.0 Å². The lowest BCUT2D eigenvalue weighted by Crippen LogP contribution is -3.07. The number of thiocarbonyl (C=S) groups is 1. The number of hydrogen-bond donors (Lipinski definition) is 3. The molecule has 2 rings (SSSR count). The van der Waals surface area contributed by atoms with E-state index >= 15 is 0 Å². The Morgan fingerprint density at radius 1 is 1.13 bits per heavy atom.